The van der Waals surface area contributed by atoms with Crippen LogP contribution in [0.1, 0.15) is 42.5 Å². The van der Waals surface area contributed by atoms with Gasteiger partial charge in [-0.2, -0.15) is 8.78 Å². The summed E-state index contributed by atoms with van der Waals surface area (Å²) in [7, 11) is 2.75. The Morgan fingerprint density at radius 1 is 1.17 bits per heavy atom. The van der Waals surface area contributed by atoms with Crippen LogP contribution in [0.15, 0.2) is 36.7 Å². The molecular weight excluding hydrogens is 474 g/mol. The van der Waals surface area contributed by atoms with Crippen LogP contribution < -0.4 is 14.2 Å². The summed E-state index contributed by atoms with van der Waals surface area (Å²) in [5, 5.41) is 0. The first-order chi connectivity index (χ1) is 17.3. The summed E-state index contributed by atoms with van der Waals surface area (Å²) >= 11 is 0. The lowest BCUT2D eigenvalue weighted by atomic mass is 10.00. The topological polar surface area (TPSA) is 88.4 Å². The van der Waals surface area contributed by atoms with Crippen LogP contribution in [0.2, 0.25) is 0 Å². The van der Waals surface area contributed by atoms with Crippen molar-refractivity contribution in [3.05, 3.63) is 42.2 Å². The molecule has 2 saturated carbocycles. The molecule has 1 aromatic carbocycles. The number of imidazole rings is 1. The lowest BCUT2D eigenvalue weighted by Crippen LogP contribution is -2.24. The van der Waals surface area contributed by atoms with Crippen molar-refractivity contribution in [2.24, 2.45) is 11.3 Å². The van der Waals surface area contributed by atoms with E-state index in [0.717, 1.165) is 25.7 Å². The molecule has 0 spiro atoms. The molecule has 8 nitrogen and oxygen atoms in total. The predicted octanol–water partition coefficient (Wildman–Crippen LogP) is 4.93. The van der Waals surface area contributed by atoms with Gasteiger partial charge in [0.25, 0.3) is 0 Å². The summed E-state index contributed by atoms with van der Waals surface area (Å²) in [4.78, 5) is 29.2. The van der Waals surface area contributed by atoms with Crippen molar-refractivity contribution in [3.63, 3.8) is 0 Å². The minimum atomic E-state index is -3.10. The van der Waals surface area contributed by atoms with Gasteiger partial charge in [0.15, 0.2) is 5.78 Å². The van der Waals surface area contributed by atoms with E-state index in [1.54, 1.807) is 35.0 Å². The predicted molar refractivity (Wildman–Crippen MR) is 125 cm³/mol. The fraction of sp³-hybridized carbons (Fsp3) is 0.423. The number of alkyl halides is 2. The van der Waals surface area contributed by atoms with E-state index < -0.39 is 12.0 Å². The monoisotopic (exact) mass is 500 g/mol. The van der Waals surface area contributed by atoms with Gasteiger partial charge in [-0.25, -0.2) is 4.98 Å². The van der Waals surface area contributed by atoms with Gasteiger partial charge in [0.2, 0.25) is 0 Å². The number of methoxy groups -OCH3 is 2. The summed E-state index contributed by atoms with van der Waals surface area (Å²) in [5.74, 6) is 0.200. The van der Waals surface area contributed by atoms with E-state index in [2.05, 4.69) is 4.98 Å². The molecule has 2 aromatic heterocycles. The third-order valence-electron chi connectivity index (χ3n) is 6.72. The zero-order valence-electron chi connectivity index (χ0n) is 20.0. The number of hydrogen-bond acceptors (Lipinski definition) is 7. The molecule has 2 heterocycles. The highest BCUT2D eigenvalue weighted by Gasteiger charge is 2.52. The second-order valence-corrected chi connectivity index (χ2v) is 9.30. The van der Waals surface area contributed by atoms with Crippen molar-refractivity contribution in [1.29, 1.82) is 0 Å². The SMILES string of the molecule is COC(=O)C1(COc2ccn3c(-c4cc(OC)c(C(=O)CC5CC5)c(OC(F)F)c4)cnc3c2)CC1. The lowest BCUT2D eigenvalue weighted by Gasteiger charge is -2.16. The summed E-state index contributed by atoms with van der Waals surface area (Å²) in [6, 6.07) is 6.49. The number of hydrogen-bond donors (Lipinski definition) is 0. The van der Waals surface area contributed by atoms with E-state index in [-0.39, 0.29) is 47.8 Å². The molecule has 3 aromatic rings. The number of rotatable bonds is 11. The standard InChI is InChI=1S/C26H26F2N2O6/c1-33-20-10-16(11-21(36-25(27)28)23(20)19(31)9-15-3-4-15)18-13-29-22-12-17(5-8-30(18)22)35-14-26(6-7-26)24(32)34-2/h5,8,10-13,15,25H,3-4,6-7,9,14H2,1-2H3. The van der Waals surface area contributed by atoms with Crippen molar-refractivity contribution in [2.45, 2.75) is 38.7 Å². The maximum Gasteiger partial charge on any atom is 0.387 e. The minimum Gasteiger partial charge on any atom is -0.496 e. The maximum absolute atomic E-state index is 13.2. The Kier molecular flexibility index (Phi) is 6.27. The average molecular weight is 500 g/mol. The van der Waals surface area contributed by atoms with Crippen LogP contribution in [0.25, 0.3) is 16.9 Å². The van der Waals surface area contributed by atoms with E-state index in [0.29, 0.717) is 22.7 Å². The smallest absolute Gasteiger partial charge is 0.387 e. The third kappa shape index (κ3) is 4.72. The number of ether oxygens (including phenoxy) is 4. The number of nitrogens with zero attached hydrogens (tertiary/aromatic N) is 2. The molecule has 2 aliphatic rings. The van der Waals surface area contributed by atoms with Gasteiger partial charge in [0, 0.05) is 24.2 Å². The Morgan fingerprint density at radius 3 is 2.56 bits per heavy atom. The Labute approximate surface area is 206 Å². The zero-order chi connectivity index (χ0) is 25.4. The number of ketones is 1. The fourth-order valence-electron chi connectivity index (χ4n) is 4.31. The maximum atomic E-state index is 13.2. The van der Waals surface area contributed by atoms with Gasteiger partial charge in [-0.3, -0.25) is 14.0 Å². The van der Waals surface area contributed by atoms with Crippen molar-refractivity contribution >= 4 is 17.4 Å². The number of benzene rings is 1. The molecule has 2 aliphatic carbocycles. The van der Waals surface area contributed by atoms with Gasteiger partial charge < -0.3 is 18.9 Å². The molecule has 5 rings (SSSR count). The normalized spacial score (nSPS) is 16.1. The van der Waals surface area contributed by atoms with Crippen LogP contribution in [-0.2, 0) is 9.53 Å². The summed E-state index contributed by atoms with van der Waals surface area (Å²) in [6.07, 6.45) is 6.94. The first kappa shape index (κ1) is 24.0. The van der Waals surface area contributed by atoms with Crippen LogP contribution in [-0.4, -0.2) is 48.6 Å². The van der Waals surface area contributed by atoms with Gasteiger partial charge in [-0.1, -0.05) is 0 Å². The van der Waals surface area contributed by atoms with E-state index in [9.17, 15) is 18.4 Å². The Balaban J connectivity index is 1.45. The Hall–Kier alpha value is -3.69. The molecule has 0 N–H and O–H groups in total. The van der Waals surface area contributed by atoms with Gasteiger partial charge in [0.1, 0.15) is 40.5 Å². The molecule has 0 amide bonds. The number of halogens is 2. The van der Waals surface area contributed by atoms with Gasteiger partial charge in [-0.15, -0.1) is 0 Å². The molecule has 0 atom stereocenters. The molecule has 10 heteroatoms. The molecule has 0 bridgehead atoms. The number of aromatic nitrogens is 2. The minimum absolute atomic E-state index is 0.0255. The molecular formula is C26H26F2N2O6. The largest absolute Gasteiger partial charge is 0.496 e. The molecule has 0 aliphatic heterocycles. The summed E-state index contributed by atoms with van der Waals surface area (Å²) < 4.78 is 49.1. The number of esters is 1. The van der Waals surface area contributed by atoms with Crippen LogP contribution in [0.5, 0.6) is 17.2 Å². The van der Waals surface area contributed by atoms with Gasteiger partial charge in [0.05, 0.1) is 26.1 Å². The fourth-order valence-corrected chi connectivity index (χ4v) is 4.31. The van der Waals surface area contributed by atoms with Crippen molar-refractivity contribution in [2.75, 3.05) is 20.8 Å². The molecule has 2 fully saturated rings. The highest BCUT2D eigenvalue weighted by molar-refractivity contribution is 6.02. The van der Waals surface area contributed by atoms with Gasteiger partial charge in [-0.05, 0) is 49.8 Å². The number of fused-ring (bicyclic) bond motifs is 1. The third-order valence-corrected chi connectivity index (χ3v) is 6.72. The first-order valence-corrected chi connectivity index (χ1v) is 11.7. The van der Waals surface area contributed by atoms with Crippen molar-refractivity contribution in [3.8, 4) is 28.5 Å². The summed E-state index contributed by atoms with van der Waals surface area (Å²) in [5.41, 5.74) is 1.07. The molecule has 0 saturated heterocycles. The molecule has 0 unspecified atom stereocenters. The zero-order valence-corrected chi connectivity index (χ0v) is 20.0. The van der Waals surface area contributed by atoms with Crippen LogP contribution in [0.4, 0.5) is 8.78 Å². The van der Waals surface area contributed by atoms with E-state index >= 15 is 0 Å². The van der Waals surface area contributed by atoms with Crippen LogP contribution >= 0.6 is 0 Å². The molecule has 190 valence electrons. The highest BCUT2D eigenvalue weighted by atomic mass is 19.3. The Morgan fingerprint density at radius 2 is 1.92 bits per heavy atom. The number of pyridine rings is 1. The lowest BCUT2D eigenvalue weighted by molar-refractivity contribution is -0.148. The second-order valence-electron chi connectivity index (χ2n) is 9.30. The second kappa shape index (κ2) is 9.40. The van der Waals surface area contributed by atoms with Crippen LogP contribution in [0.3, 0.4) is 0 Å². The number of Topliss-reactive ketones (excluding diaryl/α,β-unsaturated/α-hetero) is 1. The van der Waals surface area contributed by atoms with E-state index in [1.807, 2.05) is 0 Å². The van der Waals surface area contributed by atoms with E-state index in [1.165, 1.54) is 20.3 Å². The van der Waals surface area contributed by atoms with Crippen LogP contribution in [0, 0.1) is 11.3 Å². The molecule has 0 radical (unpaired) electrons. The number of carbonyl (C=O) groups excluding carboxylic acids is 2. The van der Waals surface area contributed by atoms with Gasteiger partial charge >= 0.3 is 12.6 Å². The molecule has 36 heavy (non-hydrogen) atoms. The quantitative estimate of drug-likeness (QED) is 0.273. The summed E-state index contributed by atoms with van der Waals surface area (Å²) in [6.45, 7) is -2.88. The van der Waals surface area contributed by atoms with Crippen molar-refractivity contribution < 1.29 is 37.3 Å². The number of carbonyl (C=O) groups is 2. The Bertz CT molecular complexity index is 1310. The highest BCUT2D eigenvalue weighted by Crippen LogP contribution is 2.47. The van der Waals surface area contributed by atoms with Crippen molar-refractivity contribution in [1.82, 2.24) is 9.38 Å². The average Bonchev–Trinajstić information content (AvgIpc) is 3.79. The first-order valence-electron chi connectivity index (χ1n) is 11.7. The van der Waals surface area contributed by atoms with E-state index in [4.69, 9.17) is 18.9 Å².